The Morgan fingerprint density at radius 3 is 2.21 bits per heavy atom. The van der Waals surface area contributed by atoms with E-state index in [4.69, 9.17) is 20.8 Å². The molecule has 2 aliphatic heterocycles. The fraction of sp³-hybridized carbons (Fsp3) is 0.450. The van der Waals surface area contributed by atoms with E-state index >= 15 is 0 Å². The third-order valence-electron chi connectivity index (χ3n) is 5.36. The Morgan fingerprint density at radius 2 is 1.48 bits per heavy atom. The van der Waals surface area contributed by atoms with Crippen LogP contribution in [-0.2, 0) is 4.74 Å². The highest BCUT2D eigenvalue weighted by atomic mass is 35.5. The van der Waals surface area contributed by atoms with E-state index in [-0.39, 0.29) is 0 Å². The molecule has 0 atom stereocenters. The van der Waals surface area contributed by atoms with Gasteiger partial charge >= 0.3 is 0 Å². The topological polar surface area (TPSA) is 70.8 Å². The van der Waals surface area contributed by atoms with Crippen LogP contribution in [0.2, 0.25) is 5.02 Å². The first-order valence-electron chi connectivity index (χ1n) is 9.90. The van der Waals surface area contributed by atoms with Gasteiger partial charge in [0.25, 0.3) is 6.01 Å². The lowest BCUT2D eigenvalue weighted by Crippen LogP contribution is -2.47. The van der Waals surface area contributed by atoms with Crippen molar-refractivity contribution in [2.24, 2.45) is 0 Å². The number of halogens is 1. The highest BCUT2D eigenvalue weighted by Gasteiger charge is 2.23. The van der Waals surface area contributed by atoms with Gasteiger partial charge in [-0.25, -0.2) is 9.97 Å². The van der Waals surface area contributed by atoms with Crippen LogP contribution in [-0.4, -0.2) is 67.4 Å². The minimum Gasteiger partial charge on any atom is -0.423 e. The number of nitrogens with zero attached hydrogens (tertiary/aromatic N) is 6. The van der Waals surface area contributed by atoms with Crippen LogP contribution in [0.3, 0.4) is 0 Å². The Balaban J connectivity index is 1.30. The van der Waals surface area contributed by atoms with Crippen LogP contribution >= 0.6 is 11.6 Å². The van der Waals surface area contributed by atoms with Gasteiger partial charge in [-0.3, -0.25) is 0 Å². The van der Waals surface area contributed by atoms with Crippen LogP contribution in [0.5, 0.6) is 0 Å². The molecule has 152 valence electrons. The number of oxazole rings is 1. The van der Waals surface area contributed by atoms with Gasteiger partial charge in [0, 0.05) is 50.4 Å². The molecule has 3 aromatic rings. The number of piperazine rings is 1. The van der Waals surface area contributed by atoms with Crippen molar-refractivity contribution in [1.29, 1.82) is 0 Å². The average molecular weight is 415 g/mol. The highest BCUT2D eigenvalue weighted by Crippen LogP contribution is 2.27. The summed E-state index contributed by atoms with van der Waals surface area (Å²) in [5.74, 6) is 2.75. The molecule has 2 saturated heterocycles. The summed E-state index contributed by atoms with van der Waals surface area (Å²) < 4.78 is 11.4. The number of ether oxygens (including phenoxy) is 1. The minimum absolute atomic E-state index is 0.648. The zero-order chi connectivity index (χ0) is 19.8. The Morgan fingerprint density at radius 1 is 0.828 bits per heavy atom. The Hall–Kier alpha value is -2.58. The fourth-order valence-corrected chi connectivity index (χ4v) is 3.97. The molecule has 0 radical (unpaired) electrons. The number of fused-ring (bicyclic) bond motifs is 1. The van der Waals surface area contributed by atoms with E-state index in [1.165, 1.54) is 0 Å². The van der Waals surface area contributed by atoms with Crippen LogP contribution in [0.15, 0.2) is 28.7 Å². The molecule has 0 N–H and O–H groups in total. The maximum absolute atomic E-state index is 6.06. The second kappa shape index (κ2) is 7.68. The van der Waals surface area contributed by atoms with E-state index in [1.807, 2.05) is 25.1 Å². The Labute approximate surface area is 174 Å². The van der Waals surface area contributed by atoms with Crippen molar-refractivity contribution in [3.8, 4) is 0 Å². The summed E-state index contributed by atoms with van der Waals surface area (Å²) >= 11 is 6.06. The van der Waals surface area contributed by atoms with Gasteiger partial charge in [0.15, 0.2) is 5.58 Å². The van der Waals surface area contributed by atoms with Crippen LogP contribution in [0, 0.1) is 6.92 Å². The van der Waals surface area contributed by atoms with Gasteiger partial charge in [-0.15, -0.1) is 0 Å². The van der Waals surface area contributed by atoms with E-state index < -0.39 is 0 Å². The molecule has 0 bridgehead atoms. The van der Waals surface area contributed by atoms with Gasteiger partial charge < -0.3 is 23.9 Å². The first kappa shape index (κ1) is 18.4. The van der Waals surface area contributed by atoms with Gasteiger partial charge in [0.1, 0.15) is 23.0 Å². The molecule has 0 amide bonds. The SMILES string of the molecule is Cc1nc(N2CCOCC2)cc(N2CCN(c3nc4cc(Cl)ccc4o3)CC2)n1. The number of anilines is 3. The summed E-state index contributed by atoms with van der Waals surface area (Å²) in [7, 11) is 0. The maximum atomic E-state index is 6.06. The van der Waals surface area contributed by atoms with Crippen molar-refractivity contribution < 1.29 is 9.15 Å². The molecule has 0 spiro atoms. The molecule has 29 heavy (non-hydrogen) atoms. The van der Waals surface area contributed by atoms with Gasteiger partial charge in [0.05, 0.1) is 13.2 Å². The lowest BCUT2D eigenvalue weighted by Gasteiger charge is -2.35. The van der Waals surface area contributed by atoms with Crippen LogP contribution in [0.25, 0.3) is 11.1 Å². The van der Waals surface area contributed by atoms with E-state index in [2.05, 4.69) is 35.7 Å². The van der Waals surface area contributed by atoms with E-state index in [9.17, 15) is 0 Å². The monoisotopic (exact) mass is 414 g/mol. The Bertz CT molecular complexity index is 1010. The molecule has 5 rings (SSSR count). The predicted molar refractivity (Wildman–Crippen MR) is 113 cm³/mol. The zero-order valence-corrected chi connectivity index (χ0v) is 17.1. The number of hydrogen-bond acceptors (Lipinski definition) is 8. The third kappa shape index (κ3) is 3.82. The molecule has 1 aromatic carbocycles. The summed E-state index contributed by atoms with van der Waals surface area (Å²) in [4.78, 5) is 20.6. The summed E-state index contributed by atoms with van der Waals surface area (Å²) in [6, 6.07) is 8.25. The molecule has 9 heteroatoms. The van der Waals surface area contributed by atoms with Crippen molar-refractivity contribution in [3.63, 3.8) is 0 Å². The molecule has 4 heterocycles. The van der Waals surface area contributed by atoms with Crippen molar-refractivity contribution >= 4 is 40.4 Å². The first-order chi connectivity index (χ1) is 14.2. The molecular formula is C20H23ClN6O2. The zero-order valence-electron chi connectivity index (χ0n) is 16.3. The molecule has 0 aliphatic carbocycles. The summed E-state index contributed by atoms with van der Waals surface area (Å²) in [5.41, 5.74) is 1.55. The second-order valence-electron chi connectivity index (χ2n) is 7.31. The Kier molecular flexibility index (Phi) is 4.89. The number of morpholine rings is 1. The standard InChI is InChI=1S/C20H23ClN6O2/c1-14-22-18(13-19(23-14)26-8-10-28-11-9-26)25-4-6-27(7-5-25)20-24-16-12-15(21)2-3-17(16)29-20/h2-3,12-13H,4-11H2,1H3. The van der Waals surface area contributed by atoms with Gasteiger partial charge in [0.2, 0.25) is 0 Å². The minimum atomic E-state index is 0.648. The summed E-state index contributed by atoms with van der Waals surface area (Å²) in [5, 5.41) is 0.664. The smallest absolute Gasteiger partial charge is 0.298 e. The molecule has 0 saturated carbocycles. The number of rotatable bonds is 3. The maximum Gasteiger partial charge on any atom is 0.298 e. The normalized spacial score (nSPS) is 17.9. The fourth-order valence-electron chi connectivity index (χ4n) is 3.80. The highest BCUT2D eigenvalue weighted by molar-refractivity contribution is 6.31. The van der Waals surface area contributed by atoms with Crippen molar-refractivity contribution in [1.82, 2.24) is 15.0 Å². The van der Waals surface area contributed by atoms with Crippen molar-refractivity contribution in [3.05, 3.63) is 35.1 Å². The van der Waals surface area contributed by atoms with Crippen LogP contribution in [0.4, 0.5) is 17.7 Å². The second-order valence-corrected chi connectivity index (χ2v) is 7.75. The number of benzene rings is 1. The first-order valence-corrected chi connectivity index (χ1v) is 10.3. The summed E-state index contributed by atoms with van der Waals surface area (Å²) in [6.07, 6.45) is 0. The van der Waals surface area contributed by atoms with E-state index in [1.54, 1.807) is 0 Å². The lowest BCUT2D eigenvalue weighted by atomic mass is 10.3. The molecule has 2 aromatic heterocycles. The molecule has 0 unspecified atom stereocenters. The number of aryl methyl sites for hydroxylation is 1. The molecule has 8 nitrogen and oxygen atoms in total. The summed E-state index contributed by atoms with van der Waals surface area (Å²) in [6.45, 7) is 8.49. The van der Waals surface area contributed by atoms with Gasteiger partial charge in [-0.1, -0.05) is 11.6 Å². The average Bonchev–Trinajstić information content (AvgIpc) is 3.17. The van der Waals surface area contributed by atoms with Crippen molar-refractivity contribution in [2.45, 2.75) is 6.92 Å². The van der Waals surface area contributed by atoms with Gasteiger partial charge in [-0.05, 0) is 25.1 Å². The molecular weight excluding hydrogens is 392 g/mol. The van der Waals surface area contributed by atoms with E-state index in [0.717, 1.165) is 81.0 Å². The third-order valence-corrected chi connectivity index (χ3v) is 5.59. The lowest BCUT2D eigenvalue weighted by molar-refractivity contribution is 0.122. The van der Waals surface area contributed by atoms with E-state index in [0.29, 0.717) is 11.0 Å². The van der Waals surface area contributed by atoms with Crippen LogP contribution in [0.1, 0.15) is 5.82 Å². The number of hydrogen-bond donors (Lipinski definition) is 0. The quantitative estimate of drug-likeness (QED) is 0.648. The predicted octanol–water partition coefficient (Wildman–Crippen LogP) is 2.74. The van der Waals surface area contributed by atoms with Gasteiger partial charge in [-0.2, -0.15) is 4.98 Å². The van der Waals surface area contributed by atoms with Crippen molar-refractivity contribution in [2.75, 3.05) is 67.2 Å². The van der Waals surface area contributed by atoms with Crippen LogP contribution < -0.4 is 14.7 Å². The largest absolute Gasteiger partial charge is 0.423 e. The number of aromatic nitrogens is 3. The molecule has 2 aliphatic rings. The molecule has 2 fully saturated rings.